The molecule has 0 fully saturated rings. The number of amides is 2. The molecule has 164 valence electrons. The van der Waals surface area contributed by atoms with Crippen LogP contribution in [0.3, 0.4) is 0 Å². The lowest BCUT2D eigenvalue weighted by Gasteiger charge is -2.17. The van der Waals surface area contributed by atoms with Crippen LogP contribution in [0.25, 0.3) is 11.0 Å². The molecule has 0 saturated carbocycles. The fraction of sp³-hybridized carbons (Fsp3) is 0.286. The van der Waals surface area contributed by atoms with Gasteiger partial charge in [-0.15, -0.1) is 0 Å². The number of hydrogen-bond donors (Lipinski definition) is 1. The van der Waals surface area contributed by atoms with Crippen molar-refractivity contribution in [1.29, 1.82) is 0 Å². The number of benzene rings is 2. The summed E-state index contributed by atoms with van der Waals surface area (Å²) in [5.41, 5.74) is 2.19. The second-order valence-electron chi connectivity index (χ2n) is 6.74. The maximum Gasteiger partial charge on any atom is 0.244 e. The number of para-hydroxylation sites is 1. The number of ether oxygens (including phenoxy) is 1. The van der Waals surface area contributed by atoms with Crippen molar-refractivity contribution >= 4 is 63.5 Å². The van der Waals surface area contributed by atoms with Crippen molar-refractivity contribution in [1.82, 2.24) is 14.5 Å². The molecule has 0 aliphatic heterocycles. The molecule has 0 bridgehead atoms. The summed E-state index contributed by atoms with van der Waals surface area (Å²) in [6.07, 6.45) is 0. The number of anilines is 1. The van der Waals surface area contributed by atoms with Crippen LogP contribution in [0.1, 0.15) is 0 Å². The average Bonchev–Trinajstić information content (AvgIpc) is 3.08. The Labute approximate surface area is 194 Å². The first-order chi connectivity index (χ1) is 14.9. The smallest absolute Gasteiger partial charge is 0.244 e. The third kappa shape index (κ3) is 6.13. The van der Waals surface area contributed by atoms with Crippen LogP contribution in [0.15, 0.2) is 47.6 Å². The highest BCUT2D eigenvalue weighted by atomic mass is 35.5. The maximum absolute atomic E-state index is 12.6. The molecule has 0 atom stereocenters. The number of carbonyl (C=O) groups excluding carboxylic acids is 2. The van der Waals surface area contributed by atoms with E-state index in [4.69, 9.17) is 27.9 Å². The Morgan fingerprint density at radius 3 is 2.74 bits per heavy atom. The van der Waals surface area contributed by atoms with E-state index < -0.39 is 0 Å². The fourth-order valence-corrected chi connectivity index (χ4v) is 4.21. The molecule has 2 aromatic carbocycles. The predicted octanol–water partition coefficient (Wildman–Crippen LogP) is 4.18. The largest absolute Gasteiger partial charge is 0.383 e. The van der Waals surface area contributed by atoms with Crippen molar-refractivity contribution < 1.29 is 14.3 Å². The lowest BCUT2D eigenvalue weighted by Crippen LogP contribution is -2.36. The van der Waals surface area contributed by atoms with Crippen LogP contribution in [0, 0.1) is 0 Å². The van der Waals surface area contributed by atoms with Crippen LogP contribution in [0.2, 0.25) is 10.0 Å². The lowest BCUT2D eigenvalue weighted by molar-refractivity contribution is -0.131. The molecular formula is C21H22Cl2N4O3S. The Morgan fingerprint density at radius 1 is 1.23 bits per heavy atom. The molecule has 0 spiro atoms. The minimum absolute atomic E-state index is 0.0830. The van der Waals surface area contributed by atoms with Gasteiger partial charge in [-0.25, -0.2) is 4.98 Å². The molecule has 1 heterocycles. The molecule has 1 N–H and O–H groups in total. The second kappa shape index (κ2) is 10.9. The number of methoxy groups -OCH3 is 1. The highest BCUT2D eigenvalue weighted by Crippen LogP contribution is 2.26. The second-order valence-corrected chi connectivity index (χ2v) is 8.52. The zero-order chi connectivity index (χ0) is 22.4. The summed E-state index contributed by atoms with van der Waals surface area (Å²) in [6, 6.07) is 12.4. The number of nitrogens with one attached hydrogen (secondary N) is 1. The van der Waals surface area contributed by atoms with Gasteiger partial charge in [0.05, 0.1) is 40.6 Å². The summed E-state index contributed by atoms with van der Waals surface area (Å²) >= 11 is 13.4. The third-order valence-electron chi connectivity index (χ3n) is 4.47. The van der Waals surface area contributed by atoms with Gasteiger partial charge in [-0.2, -0.15) is 0 Å². The van der Waals surface area contributed by atoms with Gasteiger partial charge in [-0.3, -0.25) is 9.59 Å². The maximum atomic E-state index is 12.6. The monoisotopic (exact) mass is 480 g/mol. The van der Waals surface area contributed by atoms with E-state index in [-0.39, 0.29) is 24.1 Å². The third-order valence-corrected chi connectivity index (χ3v) is 6.00. The summed E-state index contributed by atoms with van der Waals surface area (Å²) in [6.45, 7) is 1.03. The van der Waals surface area contributed by atoms with E-state index in [2.05, 4.69) is 10.3 Å². The number of rotatable bonds is 9. The summed E-state index contributed by atoms with van der Waals surface area (Å²) in [5, 5.41) is 4.44. The number of fused-ring (bicyclic) bond motifs is 1. The van der Waals surface area contributed by atoms with Crippen LogP contribution in [0.5, 0.6) is 0 Å². The predicted molar refractivity (Wildman–Crippen MR) is 125 cm³/mol. The van der Waals surface area contributed by atoms with Crippen molar-refractivity contribution in [3.05, 3.63) is 52.5 Å². The molecule has 31 heavy (non-hydrogen) atoms. The number of hydrogen-bond acceptors (Lipinski definition) is 5. The molecule has 10 heteroatoms. The van der Waals surface area contributed by atoms with Crippen LogP contribution in [-0.4, -0.2) is 59.3 Å². The Bertz CT molecular complexity index is 1090. The highest BCUT2D eigenvalue weighted by molar-refractivity contribution is 7.99. The minimum atomic E-state index is -0.323. The van der Waals surface area contributed by atoms with E-state index >= 15 is 0 Å². The van der Waals surface area contributed by atoms with E-state index in [0.717, 1.165) is 11.0 Å². The van der Waals surface area contributed by atoms with E-state index in [1.807, 2.05) is 10.6 Å². The van der Waals surface area contributed by atoms with Gasteiger partial charge >= 0.3 is 0 Å². The zero-order valence-electron chi connectivity index (χ0n) is 17.1. The van der Waals surface area contributed by atoms with Crippen LogP contribution in [0.4, 0.5) is 5.69 Å². The topological polar surface area (TPSA) is 76.5 Å². The van der Waals surface area contributed by atoms with Gasteiger partial charge in [-0.1, -0.05) is 47.1 Å². The number of imidazole rings is 1. The van der Waals surface area contributed by atoms with Crippen molar-refractivity contribution in [2.24, 2.45) is 0 Å². The van der Waals surface area contributed by atoms with E-state index in [1.54, 1.807) is 50.6 Å². The van der Waals surface area contributed by atoms with Gasteiger partial charge in [0, 0.05) is 25.7 Å². The number of carbonyl (C=O) groups is 2. The standard InChI is InChI=1S/C21H22Cl2N4O3S/c1-26(12-19(28)24-16-6-4-3-5-15(16)23)20(29)13-31-21-25-17-11-14(22)7-8-18(17)27(21)9-10-30-2/h3-8,11H,9-10,12-13H2,1-2H3,(H,24,28). The molecule has 0 aliphatic rings. The zero-order valence-corrected chi connectivity index (χ0v) is 19.4. The summed E-state index contributed by atoms with van der Waals surface area (Å²) in [5.74, 6) is -0.376. The van der Waals surface area contributed by atoms with Gasteiger partial charge < -0.3 is 19.5 Å². The number of thioether (sulfide) groups is 1. The minimum Gasteiger partial charge on any atom is -0.383 e. The lowest BCUT2D eigenvalue weighted by atomic mass is 10.3. The molecule has 3 aromatic rings. The molecule has 7 nitrogen and oxygen atoms in total. The number of halogens is 2. The van der Waals surface area contributed by atoms with Crippen molar-refractivity contribution in [3.8, 4) is 0 Å². The number of likely N-dealkylation sites (N-methyl/N-ethyl adjacent to an activating group) is 1. The van der Waals surface area contributed by atoms with E-state index in [1.165, 1.54) is 16.7 Å². The molecule has 0 radical (unpaired) electrons. The van der Waals surface area contributed by atoms with Crippen LogP contribution in [-0.2, 0) is 20.9 Å². The first-order valence-corrected chi connectivity index (χ1v) is 11.2. The van der Waals surface area contributed by atoms with E-state index in [0.29, 0.717) is 34.0 Å². The molecule has 0 aliphatic carbocycles. The summed E-state index contributed by atoms with van der Waals surface area (Å²) in [4.78, 5) is 30.8. The normalized spacial score (nSPS) is 11.0. The average molecular weight is 481 g/mol. The van der Waals surface area contributed by atoms with Gasteiger partial charge in [0.1, 0.15) is 0 Å². The van der Waals surface area contributed by atoms with Crippen molar-refractivity contribution in [2.45, 2.75) is 11.7 Å². The first kappa shape index (κ1) is 23.4. The fourth-order valence-electron chi connectivity index (χ4n) is 2.88. The molecule has 0 saturated heterocycles. The van der Waals surface area contributed by atoms with Gasteiger partial charge in [0.2, 0.25) is 11.8 Å². The van der Waals surface area contributed by atoms with Crippen molar-refractivity contribution in [3.63, 3.8) is 0 Å². The first-order valence-electron chi connectivity index (χ1n) is 9.45. The summed E-state index contributed by atoms with van der Waals surface area (Å²) < 4.78 is 7.19. The summed E-state index contributed by atoms with van der Waals surface area (Å²) in [7, 11) is 3.22. The quantitative estimate of drug-likeness (QED) is 0.464. The SMILES string of the molecule is COCCn1c(SCC(=O)N(C)CC(=O)Nc2ccccc2Cl)nc2cc(Cl)ccc21. The number of aromatic nitrogens is 2. The molecule has 2 amide bonds. The molecular weight excluding hydrogens is 459 g/mol. The van der Waals surface area contributed by atoms with Crippen LogP contribution < -0.4 is 5.32 Å². The Kier molecular flexibility index (Phi) is 8.20. The van der Waals surface area contributed by atoms with Crippen molar-refractivity contribution in [2.75, 3.05) is 38.4 Å². The van der Waals surface area contributed by atoms with Gasteiger partial charge in [-0.05, 0) is 30.3 Å². The van der Waals surface area contributed by atoms with Gasteiger partial charge in [0.25, 0.3) is 0 Å². The Morgan fingerprint density at radius 2 is 2.00 bits per heavy atom. The highest BCUT2D eigenvalue weighted by Gasteiger charge is 2.17. The Balaban J connectivity index is 1.62. The molecule has 0 unspecified atom stereocenters. The molecule has 3 rings (SSSR count). The molecule has 1 aromatic heterocycles. The van der Waals surface area contributed by atoms with Crippen LogP contribution >= 0.6 is 35.0 Å². The number of nitrogens with zero attached hydrogens (tertiary/aromatic N) is 3. The van der Waals surface area contributed by atoms with Gasteiger partial charge in [0.15, 0.2) is 5.16 Å². The van der Waals surface area contributed by atoms with E-state index in [9.17, 15) is 9.59 Å². The Hall–Kier alpha value is -2.26.